The molecular formula is C24H24FN7OS. The number of aryl methyl sites for hydroxylation is 1. The van der Waals surface area contributed by atoms with Gasteiger partial charge in [0.1, 0.15) is 21.9 Å². The summed E-state index contributed by atoms with van der Waals surface area (Å²) in [6, 6.07) is 11.9. The third-order valence-electron chi connectivity index (χ3n) is 6.01. The average Bonchev–Trinajstić information content (AvgIpc) is 3.22. The second-order valence-electron chi connectivity index (χ2n) is 8.32. The van der Waals surface area contributed by atoms with E-state index in [1.165, 1.54) is 23.5 Å². The van der Waals surface area contributed by atoms with Crippen LogP contribution in [0.3, 0.4) is 0 Å². The highest BCUT2D eigenvalue weighted by Gasteiger charge is 2.27. The summed E-state index contributed by atoms with van der Waals surface area (Å²) in [5, 5.41) is 4.17. The molecule has 0 spiro atoms. The standard InChI is InChI=1S/C24H24FN7OS/c1-13-10-15(18-12-28-8-9-32(18)24(27)33)4-7-17(13)20-21-22(31-23(26)30-20)34-19(29-21)11-14-2-5-16(25)6-3-14/h2-7,10,18,28H,8-9,11-12H2,1H3,(H2,27,33)(H2,26,30,31). The first-order valence-electron chi connectivity index (χ1n) is 10.9. The number of hydrogen-bond donors (Lipinski definition) is 3. The van der Waals surface area contributed by atoms with Crippen molar-refractivity contribution in [3.05, 3.63) is 70.0 Å². The number of nitrogens with one attached hydrogen (secondary N) is 1. The predicted octanol–water partition coefficient (Wildman–Crippen LogP) is 3.40. The van der Waals surface area contributed by atoms with Gasteiger partial charge >= 0.3 is 6.03 Å². The topological polar surface area (TPSA) is 123 Å². The van der Waals surface area contributed by atoms with E-state index in [4.69, 9.17) is 16.5 Å². The maximum atomic E-state index is 13.2. The Hall–Kier alpha value is -3.63. The number of primary amides is 1. The van der Waals surface area contributed by atoms with Crippen molar-refractivity contribution < 1.29 is 9.18 Å². The van der Waals surface area contributed by atoms with Crippen LogP contribution in [0.1, 0.15) is 27.7 Å². The van der Waals surface area contributed by atoms with E-state index < -0.39 is 6.03 Å². The smallest absolute Gasteiger partial charge is 0.315 e. The SMILES string of the molecule is Cc1cc(C2CNCCN2C(N)=O)ccc1-c1nc(N)nc2sc(Cc3ccc(F)cc3)nc12. The number of urea groups is 1. The fraction of sp³-hybridized carbons (Fsp3) is 0.250. The van der Waals surface area contributed by atoms with Crippen LogP contribution < -0.4 is 16.8 Å². The van der Waals surface area contributed by atoms with Crippen LogP contribution in [0.15, 0.2) is 42.5 Å². The molecule has 174 valence electrons. The Morgan fingerprint density at radius 1 is 1.21 bits per heavy atom. The number of carbonyl (C=O) groups excluding carboxylic acids is 1. The summed E-state index contributed by atoms with van der Waals surface area (Å²) in [5.41, 5.74) is 16.8. The number of hydrogen-bond acceptors (Lipinski definition) is 7. The minimum absolute atomic E-state index is 0.129. The van der Waals surface area contributed by atoms with Crippen molar-refractivity contribution in [3.63, 3.8) is 0 Å². The quantitative estimate of drug-likeness (QED) is 0.414. The van der Waals surface area contributed by atoms with Gasteiger partial charge in [-0.25, -0.2) is 24.1 Å². The number of nitrogen functional groups attached to an aromatic ring is 1. The molecule has 1 aliphatic heterocycles. The molecule has 1 aliphatic rings. The van der Waals surface area contributed by atoms with Crippen LogP contribution in [0.4, 0.5) is 15.1 Å². The maximum Gasteiger partial charge on any atom is 0.315 e. The molecule has 3 heterocycles. The maximum absolute atomic E-state index is 13.2. The Bertz CT molecular complexity index is 1370. The number of aromatic nitrogens is 3. The van der Waals surface area contributed by atoms with E-state index >= 15 is 0 Å². The monoisotopic (exact) mass is 477 g/mol. The number of fused-ring (bicyclic) bond motifs is 1. The summed E-state index contributed by atoms with van der Waals surface area (Å²) in [5.74, 6) is -0.0878. The number of nitrogens with two attached hydrogens (primary N) is 2. The number of rotatable bonds is 4. The van der Waals surface area contributed by atoms with Gasteiger partial charge in [-0.15, -0.1) is 0 Å². The fourth-order valence-corrected chi connectivity index (χ4v) is 5.32. The van der Waals surface area contributed by atoms with Gasteiger partial charge in [-0.2, -0.15) is 0 Å². The van der Waals surface area contributed by atoms with Gasteiger partial charge in [-0.05, 0) is 35.7 Å². The molecule has 5 N–H and O–H groups in total. The second-order valence-corrected chi connectivity index (χ2v) is 9.38. The van der Waals surface area contributed by atoms with Crippen molar-refractivity contribution in [1.29, 1.82) is 0 Å². The molecule has 4 aromatic rings. The highest BCUT2D eigenvalue weighted by Crippen LogP contribution is 2.34. The zero-order valence-electron chi connectivity index (χ0n) is 18.6. The van der Waals surface area contributed by atoms with Crippen LogP contribution in [0.5, 0.6) is 0 Å². The van der Waals surface area contributed by atoms with Gasteiger partial charge in [0, 0.05) is 31.6 Å². The molecule has 5 rings (SSSR count). The van der Waals surface area contributed by atoms with Crippen LogP contribution in [0, 0.1) is 12.7 Å². The number of anilines is 1. The van der Waals surface area contributed by atoms with E-state index in [0.717, 1.165) is 33.8 Å². The number of amides is 2. The highest BCUT2D eigenvalue weighted by molar-refractivity contribution is 7.18. The van der Waals surface area contributed by atoms with E-state index in [0.29, 0.717) is 35.6 Å². The number of nitrogens with zero attached hydrogens (tertiary/aromatic N) is 4. The van der Waals surface area contributed by atoms with Gasteiger partial charge in [-0.1, -0.05) is 41.7 Å². The normalized spacial score (nSPS) is 16.2. The third-order valence-corrected chi connectivity index (χ3v) is 6.95. The van der Waals surface area contributed by atoms with Crippen molar-refractivity contribution in [2.24, 2.45) is 5.73 Å². The third kappa shape index (κ3) is 4.29. The Balaban J connectivity index is 1.51. The van der Waals surface area contributed by atoms with Gasteiger partial charge in [0.2, 0.25) is 5.95 Å². The van der Waals surface area contributed by atoms with Crippen molar-refractivity contribution in [1.82, 2.24) is 25.2 Å². The lowest BCUT2D eigenvalue weighted by atomic mass is 9.96. The average molecular weight is 478 g/mol. The molecule has 1 fully saturated rings. The van der Waals surface area contributed by atoms with Gasteiger partial charge in [0.25, 0.3) is 0 Å². The first-order chi connectivity index (χ1) is 16.4. The predicted molar refractivity (Wildman–Crippen MR) is 131 cm³/mol. The largest absolute Gasteiger partial charge is 0.368 e. The van der Waals surface area contributed by atoms with Crippen LogP contribution in [0.2, 0.25) is 0 Å². The molecule has 8 nitrogen and oxygen atoms in total. The van der Waals surface area contributed by atoms with E-state index in [-0.39, 0.29) is 17.8 Å². The molecule has 2 aromatic carbocycles. The molecule has 1 atom stereocenters. The summed E-state index contributed by atoms with van der Waals surface area (Å²) in [7, 11) is 0. The van der Waals surface area contributed by atoms with Crippen molar-refractivity contribution >= 4 is 33.7 Å². The van der Waals surface area contributed by atoms with Gasteiger partial charge in [0.05, 0.1) is 11.0 Å². The van der Waals surface area contributed by atoms with Crippen LogP contribution in [-0.2, 0) is 6.42 Å². The molecule has 0 aliphatic carbocycles. The lowest BCUT2D eigenvalue weighted by Crippen LogP contribution is -2.50. The molecule has 1 unspecified atom stereocenters. The summed E-state index contributed by atoms with van der Waals surface area (Å²) in [4.78, 5) is 28.0. The van der Waals surface area contributed by atoms with Crippen molar-refractivity contribution in [3.8, 4) is 11.3 Å². The first kappa shape index (κ1) is 22.2. The Kier molecular flexibility index (Phi) is 5.84. The molecule has 2 aromatic heterocycles. The van der Waals surface area contributed by atoms with Crippen molar-refractivity contribution in [2.45, 2.75) is 19.4 Å². The minimum Gasteiger partial charge on any atom is -0.368 e. The number of thiazole rings is 1. The van der Waals surface area contributed by atoms with Crippen LogP contribution >= 0.6 is 11.3 Å². The molecule has 0 saturated carbocycles. The molecule has 34 heavy (non-hydrogen) atoms. The fourth-order valence-electron chi connectivity index (χ4n) is 4.35. The molecular weight excluding hydrogens is 453 g/mol. The molecule has 0 bridgehead atoms. The van der Waals surface area contributed by atoms with E-state index in [9.17, 15) is 9.18 Å². The summed E-state index contributed by atoms with van der Waals surface area (Å²) in [6.45, 7) is 3.93. The summed E-state index contributed by atoms with van der Waals surface area (Å²) < 4.78 is 13.2. The lowest BCUT2D eigenvalue weighted by Gasteiger charge is -2.35. The van der Waals surface area contributed by atoms with Gasteiger partial charge in [-0.3, -0.25) is 0 Å². The Morgan fingerprint density at radius 3 is 2.74 bits per heavy atom. The molecule has 1 saturated heterocycles. The lowest BCUT2D eigenvalue weighted by molar-refractivity contribution is 0.167. The number of piperazine rings is 1. The summed E-state index contributed by atoms with van der Waals surface area (Å²) >= 11 is 1.45. The van der Waals surface area contributed by atoms with Crippen molar-refractivity contribution in [2.75, 3.05) is 25.4 Å². The number of halogens is 1. The van der Waals surface area contributed by atoms with Crippen LogP contribution in [-0.4, -0.2) is 45.5 Å². The van der Waals surface area contributed by atoms with Crippen LogP contribution in [0.25, 0.3) is 21.6 Å². The minimum atomic E-state index is -0.422. The van der Waals surface area contributed by atoms with Gasteiger partial charge in [0.15, 0.2) is 0 Å². The summed E-state index contributed by atoms with van der Waals surface area (Å²) in [6.07, 6.45) is 0.566. The highest BCUT2D eigenvalue weighted by atomic mass is 32.1. The second kappa shape index (κ2) is 8.96. The zero-order valence-corrected chi connectivity index (χ0v) is 19.4. The van der Waals surface area contributed by atoms with E-state index in [1.807, 2.05) is 19.1 Å². The van der Waals surface area contributed by atoms with E-state index in [2.05, 4.69) is 21.4 Å². The zero-order chi connectivity index (χ0) is 23.8. The number of carbonyl (C=O) groups is 1. The Morgan fingerprint density at radius 2 is 2.00 bits per heavy atom. The molecule has 2 amide bonds. The Labute approximate surface area is 199 Å². The van der Waals surface area contributed by atoms with Gasteiger partial charge < -0.3 is 21.7 Å². The molecule has 0 radical (unpaired) electrons. The van der Waals surface area contributed by atoms with E-state index in [1.54, 1.807) is 17.0 Å². The first-order valence-corrected chi connectivity index (χ1v) is 11.8. The number of benzene rings is 2. The molecule has 10 heteroatoms.